The monoisotopic (exact) mass is 318 g/mol. The lowest BCUT2D eigenvalue weighted by Crippen LogP contribution is -1.84. The van der Waals surface area contributed by atoms with E-state index in [9.17, 15) is 0 Å². The predicted octanol–water partition coefficient (Wildman–Crippen LogP) is 6.48. The fraction of sp³-hybridized carbons (Fsp3) is 0.333. The summed E-state index contributed by atoms with van der Waals surface area (Å²) in [7, 11) is 0. The molecule has 0 unspecified atom stereocenters. The molecule has 1 nitrogen and oxygen atoms in total. The molecular formula is C18H22OS2. The summed E-state index contributed by atoms with van der Waals surface area (Å²) in [5, 5.41) is 0. The number of hydrogen-bond acceptors (Lipinski definition) is 3. The van der Waals surface area contributed by atoms with E-state index in [-0.39, 0.29) is 0 Å². The van der Waals surface area contributed by atoms with Gasteiger partial charge in [-0.1, -0.05) is 13.8 Å². The largest absolute Gasteiger partial charge is 0.457 e. The van der Waals surface area contributed by atoms with Crippen molar-refractivity contribution in [2.45, 2.75) is 36.5 Å². The molecule has 2 aromatic rings. The van der Waals surface area contributed by atoms with Crippen LogP contribution in [-0.2, 0) is 0 Å². The minimum Gasteiger partial charge on any atom is -0.457 e. The van der Waals surface area contributed by atoms with Gasteiger partial charge in [-0.15, -0.1) is 23.5 Å². The summed E-state index contributed by atoms with van der Waals surface area (Å²) in [6.07, 6.45) is 2.40. The lowest BCUT2D eigenvalue weighted by atomic mass is 10.3. The van der Waals surface area contributed by atoms with Gasteiger partial charge in [0.15, 0.2) is 0 Å². The lowest BCUT2D eigenvalue weighted by molar-refractivity contribution is 0.482. The van der Waals surface area contributed by atoms with Crippen LogP contribution in [-0.4, -0.2) is 11.5 Å². The highest BCUT2D eigenvalue weighted by Crippen LogP contribution is 2.27. The molecular weight excluding hydrogens is 296 g/mol. The Morgan fingerprint density at radius 2 is 1.05 bits per heavy atom. The van der Waals surface area contributed by atoms with Crippen molar-refractivity contribution >= 4 is 23.5 Å². The summed E-state index contributed by atoms with van der Waals surface area (Å²) in [4.78, 5) is 2.60. The Morgan fingerprint density at radius 1 is 0.667 bits per heavy atom. The van der Waals surface area contributed by atoms with E-state index in [2.05, 4.69) is 38.1 Å². The molecule has 0 heterocycles. The van der Waals surface area contributed by atoms with E-state index in [1.165, 1.54) is 22.6 Å². The normalized spacial score (nSPS) is 10.6. The summed E-state index contributed by atoms with van der Waals surface area (Å²) in [5.74, 6) is 4.11. The number of benzene rings is 2. The Bertz CT molecular complexity index is 470. The zero-order valence-electron chi connectivity index (χ0n) is 12.7. The first-order valence-electron chi connectivity index (χ1n) is 7.45. The second-order valence-electron chi connectivity index (χ2n) is 4.74. The first-order valence-corrected chi connectivity index (χ1v) is 9.42. The molecule has 2 rings (SSSR count). The molecule has 0 saturated carbocycles. The van der Waals surface area contributed by atoms with Crippen molar-refractivity contribution in [1.29, 1.82) is 0 Å². The molecule has 0 saturated heterocycles. The van der Waals surface area contributed by atoms with Crippen LogP contribution in [0.3, 0.4) is 0 Å². The van der Waals surface area contributed by atoms with E-state index in [1.807, 2.05) is 47.8 Å². The molecule has 2 aromatic carbocycles. The topological polar surface area (TPSA) is 9.23 Å². The maximum atomic E-state index is 5.88. The van der Waals surface area contributed by atoms with Crippen LogP contribution in [0.4, 0.5) is 0 Å². The molecule has 0 radical (unpaired) electrons. The molecule has 0 aliphatic heterocycles. The van der Waals surface area contributed by atoms with Gasteiger partial charge in [0.1, 0.15) is 11.5 Å². The van der Waals surface area contributed by atoms with Gasteiger partial charge in [-0.05, 0) is 72.9 Å². The third-order valence-corrected chi connectivity index (χ3v) is 5.26. The molecule has 0 bridgehead atoms. The first kappa shape index (κ1) is 16.3. The average Bonchev–Trinajstić information content (AvgIpc) is 2.53. The SMILES string of the molecule is CCCSc1ccc(Oc2ccc(SCCC)cc2)cc1. The summed E-state index contributed by atoms with van der Waals surface area (Å²) in [6.45, 7) is 4.40. The maximum Gasteiger partial charge on any atom is 0.127 e. The van der Waals surface area contributed by atoms with E-state index < -0.39 is 0 Å². The molecule has 0 aromatic heterocycles. The van der Waals surface area contributed by atoms with Crippen LogP contribution in [0.25, 0.3) is 0 Å². The molecule has 0 amide bonds. The fourth-order valence-corrected chi connectivity index (χ4v) is 3.32. The van der Waals surface area contributed by atoms with E-state index in [0.29, 0.717) is 0 Å². The van der Waals surface area contributed by atoms with Crippen molar-refractivity contribution in [2.75, 3.05) is 11.5 Å². The highest BCUT2D eigenvalue weighted by molar-refractivity contribution is 7.99. The summed E-state index contributed by atoms with van der Waals surface area (Å²) >= 11 is 3.77. The van der Waals surface area contributed by atoms with E-state index in [0.717, 1.165) is 23.0 Å². The van der Waals surface area contributed by atoms with Gasteiger partial charge in [0, 0.05) is 9.79 Å². The molecule has 0 atom stereocenters. The first-order chi connectivity index (χ1) is 10.3. The van der Waals surface area contributed by atoms with Crippen LogP contribution in [0, 0.1) is 0 Å². The zero-order chi connectivity index (χ0) is 14.9. The third-order valence-electron chi connectivity index (χ3n) is 2.83. The van der Waals surface area contributed by atoms with E-state index in [4.69, 9.17) is 4.74 Å². The molecule has 21 heavy (non-hydrogen) atoms. The van der Waals surface area contributed by atoms with Crippen molar-refractivity contribution < 1.29 is 4.74 Å². The van der Waals surface area contributed by atoms with Gasteiger partial charge < -0.3 is 4.74 Å². The Hall–Kier alpha value is -1.06. The van der Waals surface area contributed by atoms with Gasteiger partial charge in [-0.2, -0.15) is 0 Å². The number of ether oxygens (including phenoxy) is 1. The van der Waals surface area contributed by atoms with Gasteiger partial charge in [0.25, 0.3) is 0 Å². The molecule has 0 fully saturated rings. The zero-order valence-corrected chi connectivity index (χ0v) is 14.3. The van der Waals surface area contributed by atoms with Crippen LogP contribution in [0.15, 0.2) is 58.3 Å². The minimum atomic E-state index is 0.893. The van der Waals surface area contributed by atoms with Crippen molar-refractivity contribution in [3.8, 4) is 11.5 Å². The van der Waals surface area contributed by atoms with Crippen molar-refractivity contribution in [1.82, 2.24) is 0 Å². The van der Waals surface area contributed by atoms with Gasteiger partial charge in [0.05, 0.1) is 0 Å². The highest BCUT2D eigenvalue weighted by atomic mass is 32.2. The van der Waals surface area contributed by atoms with E-state index in [1.54, 1.807) is 0 Å². The van der Waals surface area contributed by atoms with Crippen molar-refractivity contribution in [3.05, 3.63) is 48.5 Å². The smallest absolute Gasteiger partial charge is 0.127 e. The quantitative estimate of drug-likeness (QED) is 0.515. The Labute approximate surface area is 136 Å². The minimum absolute atomic E-state index is 0.893. The van der Waals surface area contributed by atoms with Gasteiger partial charge in [-0.25, -0.2) is 0 Å². The van der Waals surface area contributed by atoms with Crippen LogP contribution in [0.1, 0.15) is 26.7 Å². The van der Waals surface area contributed by atoms with Crippen LogP contribution in [0.5, 0.6) is 11.5 Å². The van der Waals surface area contributed by atoms with Crippen LogP contribution >= 0.6 is 23.5 Å². The van der Waals surface area contributed by atoms with Crippen molar-refractivity contribution in [3.63, 3.8) is 0 Å². The third kappa shape index (κ3) is 5.68. The molecule has 0 N–H and O–H groups in total. The average molecular weight is 319 g/mol. The Balaban J connectivity index is 1.91. The van der Waals surface area contributed by atoms with Gasteiger partial charge >= 0.3 is 0 Å². The lowest BCUT2D eigenvalue weighted by Gasteiger charge is -2.07. The highest BCUT2D eigenvalue weighted by Gasteiger charge is 1.99. The number of thioether (sulfide) groups is 2. The van der Waals surface area contributed by atoms with Gasteiger partial charge in [0.2, 0.25) is 0 Å². The second-order valence-corrected chi connectivity index (χ2v) is 7.08. The summed E-state index contributed by atoms with van der Waals surface area (Å²) < 4.78 is 5.88. The van der Waals surface area contributed by atoms with Gasteiger partial charge in [-0.3, -0.25) is 0 Å². The Kier molecular flexibility index (Phi) is 7.04. The summed E-state index contributed by atoms with van der Waals surface area (Å²) in [6, 6.07) is 16.7. The fourth-order valence-electron chi connectivity index (χ4n) is 1.78. The predicted molar refractivity (Wildman–Crippen MR) is 95.0 cm³/mol. The maximum absolute atomic E-state index is 5.88. The summed E-state index contributed by atoms with van der Waals surface area (Å²) in [5.41, 5.74) is 0. The van der Waals surface area contributed by atoms with Crippen LogP contribution in [0.2, 0.25) is 0 Å². The van der Waals surface area contributed by atoms with Crippen LogP contribution < -0.4 is 4.74 Å². The Morgan fingerprint density at radius 3 is 1.38 bits per heavy atom. The van der Waals surface area contributed by atoms with E-state index >= 15 is 0 Å². The molecule has 3 heteroatoms. The number of hydrogen-bond donors (Lipinski definition) is 0. The standard InChI is InChI=1S/C18H22OS2/c1-3-13-20-17-9-5-15(6-10-17)19-16-7-11-18(12-8-16)21-14-4-2/h5-12H,3-4,13-14H2,1-2H3. The molecule has 112 valence electrons. The number of rotatable bonds is 8. The second kappa shape index (κ2) is 9.06. The molecule has 0 aliphatic rings. The molecule has 0 aliphatic carbocycles. The van der Waals surface area contributed by atoms with Crippen molar-refractivity contribution in [2.24, 2.45) is 0 Å². The molecule has 0 spiro atoms.